The molecule has 0 bridgehead atoms. The summed E-state index contributed by atoms with van der Waals surface area (Å²) in [5, 5.41) is 3.74. The Kier molecular flexibility index (Phi) is 3.68. The van der Waals surface area contributed by atoms with Crippen LogP contribution in [-0.4, -0.2) is 18.2 Å². The highest BCUT2D eigenvalue weighted by molar-refractivity contribution is 7.16. The molecule has 2 heterocycles. The third-order valence-corrected chi connectivity index (χ3v) is 5.68. The van der Waals surface area contributed by atoms with Crippen LogP contribution in [0.15, 0.2) is 12.1 Å². The van der Waals surface area contributed by atoms with Crippen molar-refractivity contribution >= 4 is 22.9 Å². The summed E-state index contributed by atoms with van der Waals surface area (Å²) in [4.78, 5) is 1.33. The summed E-state index contributed by atoms with van der Waals surface area (Å²) in [6.07, 6.45) is 6.15. The largest absolute Gasteiger partial charge is 0.375 e. The van der Waals surface area contributed by atoms with Crippen molar-refractivity contribution in [2.24, 2.45) is 0 Å². The van der Waals surface area contributed by atoms with Crippen LogP contribution in [0.25, 0.3) is 0 Å². The minimum atomic E-state index is 0.225. The van der Waals surface area contributed by atoms with Crippen LogP contribution in [0.1, 0.15) is 49.9 Å². The summed E-state index contributed by atoms with van der Waals surface area (Å²) in [7, 11) is 0. The van der Waals surface area contributed by atoms with Crippen LogP contribution in [-0.2, 0) is 4.74 Å². The van der Waals surface area contributed by atoms with E-state index < -0.39 is 0 Å². The minimum absolute atomic E-state index is 0.225. The van der Waals surface area contributed by atoms with Gasteiger partial charge in [-0.15, -0.1) is 11.3 Å². The zero-order chi connectivity index (χ0) is 12.6. The van der Waals surface area contributed by atoms with E-state index in [9.17, 15) is 0 Å². The van der Waals surface area contributed by atoms with E-state index in [0.717, 1.165) is 17.4 Å². The Hall–Kier alpha value is -0.0900. The first-order chi connectivity index (χ1) is 8.67. The Morgan fingerprint density at radius 3 is 2.94 bits per heavy atom. The molecule has 100 valence electrons. The molecule has 18 heavy (non-hydrogen) atoms. The summed E-state index contributed by atoms with van der Waals surface area (Å²) >= 11 is 7.67. The first kappa shape index (κ1) is 12.9. The Morgan fingerprint density at radius 2 is 2.33 bits per heavy atom. The van der Waals surface area contributed by atoms with E-state index in [1.54, 1.807) is 11.3 Å². The molecule has 0 radical (unpaired) electrons. The molecule has 4 heteroatoms. The molecule has 1 saturated carbocycles. The monoisotopic (exact) mass is 285 g/mol. The first-order valence-electron chi connectivity index (χ1n) is 6.82. The number of halogens is 1. The fourth-order valence-corrected chi connectivity index (χ4v) is 4.16. The number of hydrogen-bond donors (Lipinski definition) is 1. The van der Waals surface area contributed by atoms with Gasteiger partial charge in [-0.3, -0.25) is 0 Å². The van der Waals surface area contributed by atoms with Gasteiger partial charge in [0.25, 0.3) is 0 Å². The van der Waals surface area contributed by atoms with Gasteiger partial charge >= 0.3 is 0 Å². The van der Waals surface area contributed by atoms with Crippen molar-refractivity contribution in [3.8, 4) is 0 Å². The van der Waals surface area contributed by atoms with Crippen molar-refractivity contribution in [3.63, 3.8) is 0 Å². The van der Waals surface area contributed by atoms with Gasteiger partial charge in [0.05, 0.1) is 9.94 Å². The van der Waals surface area contributed by atoms with Crippen LogP contribution in [0.2, 0.25) is 4.34 Å². The van der Waals surface area contributed by atoms with E-state index in [2.05, 4.69) is 18.3 Å². The first-order valence-corrected chi connectivity index (χ1v) is 8.02. The quantitative estimate of drug-likeness (QED) is 0.901. The van der Waals surface area contributed by atoms with E-state index in [-0.39, 0.29) is 5.60 Å². The molecule has 1 N–H and O–H groups in total. The number of hydrogen-bond acceptors (Lipinski definition) is 3. The standard InChI is InChI=1S/C14H20ClNOS/c1-10(12-3-4-13(15)18-12)16-11-5-8-17-14(9-11)6-2-7-14/h3-4,10-11,16H,2,5-9H2,1H3. The van der Waals surface area contributed by atoms with E-state index in [4.69, 9.17) is 16.3 Å². The Morgan fingerprint density at radius 1 is 1.50 bits per heavy atom. The molecule has 1 aromatic rings. The third-order valence-electron chi connectivity index (χ3n) is 4.26. The molecule has 2 unspecified atom stereocenters. The van der Waals surface area contributed by atoms with E-state index in [1.165, 1.54) is 30.6 Å². The lowest BCUT2D eigenvalue weighted by Gasteiger charge is -2.47. The lowest BCUT2D eigenvalue weighted by atomic mass is 9.74. The normalized spacial score (nSPS) is 28.0. The molecule has 2 atom stereocenters. The van der Waals surface area contributed by atoms with Crippen LogP contribution >= 0.6 is 22.9 Å². The van der Waals surface area contributed by atoms with Crippen LogP contribution in [0.4, 0.5) is 0 Å². The lowest BCUT2D eigenvalue weighted by Crippen LogP contribution is -2.51. The fourth-order valence-electron chi connectivity index (χ4n) is 3.09. The number of nitrogens with one attached hydrogen (secondary N) is 1. The molecular weight excluding hydrogens is 266 g/mol. The van der Waals surface area contributed by atoms with Gasteiger partial charge in [0.2, 0.25) is 0 Å². The summed E-state index contributed by atoms with van der Waals surface area (Å²) in [5.74, 6) is 0. The number of rotatable bonds is 3. The van der Waals surface area contributed by atoms with Gasteiger partial charge in [0, 0.05) is 23.6 Å². The molecule has 1 aliphatic heterocycles. The van der Waals surface area contributed by atoms with Gasteiger partial charge in [-0.2, -0.15) is 0 Å². The SMILES string of the molecule is CC(NC1CCOC2(CCC2)C1)c1ccc(Cl)s1. The molecule has 1 aromatic heterocycles. The summed E-state index contributed by atoms with van der Waals surface area (Å²) < 4.78 is 6.84. The molecule has 1 spiro atoms. The maximum atomic E-state index is 5.99. The summed E-state index contributed by atoms with van der Waals surface area (Å²) in [6, 6.07) is 5.10. The Bertz CT molecular complexity index is 416. The van der Waals surface area contributed by atoms with Crippen molar-refractivity contribution in [1.82, 2.24) is 5.32 Å². The predicted octanol–water partition coefficient (Wildman–Crippen LogP) is 4.15. The molecule has 0 amide bonds. The van der Waals surface area contributed by atoms with Crippen molar-refractivity contribution < 1.29 is 4.74 Å². The average molecular weight is 286 g/mol. The molecule has 1 saturated heterocycles. The van der Waals surface area contributed by atoms with Crippen LogP contribution in [0, 0.1) is 0 Å². The summed E-state index contributed by atoms with van der Waals surface area (Å²) in [5.41, 5.74) is 0.225. The number of ether oxygens (including phenoxy) is 1. The van der Waals surface area contributed by atoms with Crippen molar-refractivity contribution in [1.29, 1.82) is 0 Å². The summed E-state index contributed by atoms with van der Waals surface area (Å²) in [6.45, 7) is 3.14. The molecule has 2 aliphatic rings. The third kappa shape index (κ3) is 2.60. The van der Waals surface area contributed by atoms with Gasteiger partial charge in [-0.1, -0.05) is 11.6 Å². The maximum absolute atomic E-state index is 5.99. The van der Waals surface area contributed by atoms with Gasteiger partial charge in [-0.25, -0.2) is 0 Å². The maximum Gasteiger partial charge on any atom is 0.0931 e. The van der Waals surface area contributed by atoms with Gasteiger partial charge in [0.1, 0.15) is 0 Å². The zero-order valence-corrected chi connectivity index (χ0v) is 12.3. The van der Waals surface area contributed by atoms with Gasteiger partial charge in [-0.05, 0) is 51.2 Å². The van der Waals surface area contributed by atoms with Gasteiger partial charge in [0.15, 0.2) is 0 Å². The molecular formula is C14H20ClNOS. The molecule has 2 nitrogen and oxygen atoms in total. The smallest absolute Gasteiger partial charge is 0.0931 e. The number of thiophene rings is 1. The Labute approximate surface area is 118 Å². The molecule has 2 fully saturated rings. The topological polar surface area (TPSA) is 21.3 Å². The van der Waals surface area contributed by atoms with E-state index in [1.807, 2.05) is 6.07 Å². The van der Waals surface area contributed by atoms with Crippen LogP contribution in [0.3, 0.4) is 0 Å². The second kappa shape index (κ2) is 5.12. The second-order valence-electron chi connectivity index (χ2n) is 5.60. The highest BCUT2D eigenvalue weighted by Gasteiger charge is 2.42. The molecule has 1 aliphatic carbocycles. The lowest BCUT2D eigenvalue weighted by molar-refractivity contribution is -0.136. The average Bonchev–Trinajstić information content (AvgIpc) is 2.74. The molecule has 3 rings (SSSR count). The van der Waals surface area contributed by atoms with Crippen LogP contribution < -0.4 is 5.32 Å². The predicted molar refractivity (Wildman–Crippen MR) is 76.4 cm³/mol. The van der Waals surface area contributed by atoms with E-state index >= 15 is 0 Å². The minimum Gasteiger partial charge on any atom is -0.375 e. The van der Waals surface area contributed by atoms with Crippen LogP contribution in [0.5, 0.6) is 0 Å². The van der Waals surface area contributed by atoms with Crippen molar-refractivity contribution in [2.75, 3.05) is 6.61 Å². The van der Waals surface area contributed by atoms with Crippen molar-refractivity contribution in [2.45, 2.75) is 56.7 Å². The van der Waals surface area contributed by atoms with E-state index in [0.29, 0.717) is 12.1 Å². The highest BCUT2D eigenvalue weighted by Crippen LogP contribution is 2.42. The zero-order valence-electron chi connectivity index (χ0n) is 10.7. The highest BCUT2D eigenvalue weighted by atomic mass is 35.5. The molecule has 0 aromatic carbocycles. The fraction of sp³-hybridized carbons (Fsp3) is 0.714. The second-order valence-corrected chi connectivity index (χ2v) is 7.35. The van der Waals surface area contributed by atoms with Gasteiger partial charge < -0.3 is 10.1 Å². The Balaban J connectivity index is 1.58. The van der Waals surface area contributed by atoms with Crippen molar-refractivity contribution in [3.05, 3.63) is 21.3 Å².